The zero-order valence-electron chi connectivity index (χ0n) is 13.2. The Hall–Kier alpha value is -1.79. The van der Waals surface area contributed by atoms with E-state index >= 15 is 0 Å². The predicted molar refractivity (Wildman–Crippen MR) is 86.2 cm³/mol. The largest absolute Gasteiger partial charge is 0.492 e. The van der Waals surface area contributed by atoms with Gasteiger partial charge in [0.15, 0.2) is 0 Å². The molecule has 124 valence electrons. The molecule has 0 N–H and O–H groups in total. The summed E-state index contributed by atoms with van der Waals surface area (Å²) in [5.41, 5.74) is 1.94. The number of methoxy groups -OCH3 is 1. The minimum Gasteiger partial charge on any atom is -0.492 e. The van der Waals surface area contributed by atoms with Gasteiger partial charge in [-0.05, 0) is 25.5 Å². The van der Waals surface area contributed by atoms with Gasteiger partial charge >= 0.3 is 5.97 Å². The normalized spacial score (nSPS) is 17.1. The first-order valence-corrected chi connectivity index (χ1v) is 8.13. The van der Waals surface area contributed by atoms with Crippen molar-refractivity contribution in [2.75, 3.05) is 20.3 Å². The molecule has 1 atom stereocenters. The fourth-order valence-corrected chi connectivity index (χ4v) is 2.88. The number of benzene rings is 1. The molecular formula is C16H19ClN2O4. The minimum atomic E-state index is -0.409. The van der Waals surface area contributed by atoms with E-state index in [1.165, 1.54) is 7.11 Å². The molecule has 1 fully saturated rings. The number of hydrogen-bond acceptors (Lipinski definition) is 5. The highest BCUT2D eigenvalue weighted by Gasteiger charge is 2.23. The van der Waals surface area contributed by atoms with Gasteiger partial charge in [-0.1, -0.05) is 0 Å². The van der Waals surface area contributed by atoms with Crippen molar-refractivity contribution >= 4 is 28.6 Å². The summed E-state index contributed by atoms with van der Waals surface area (Å²) in [7, 11) is 1.36. The number of aromatic nitrogens is 2. The Morgan fingerprint density at radius 1 is 1.52 bits per heavy atom. The fraction of sp³-hybridized carbons (Fsp3) is 0.500. The smallest absolute Gasteiger partial charge is 0.338 e. The van der Waals surface area contributed by atoms with Gasteiger partial charge in [0.25, 0.3) is 0 Å². The molecule has 0 radical (unpaired) electrons. The van der Waals surface area contributed by atoms with Crippen LogP contribution in [0.25, 0.3) is 11.0 Å². The summed E-state index contributed by atoms with van der Waals surface area (Å²) in [5.74, 6) is 1.17. The van der Waals surface area contributed by atoms with E-state index in [-0.39, 0.29) is 12.0 Å². The van der Waals surface area contributed by atoms with Gasteiger partial charge in [-0.2, -0.15) is 0 Å². The first-order valence-electron chi connectivity index (χ1n) is 7.59. The third kappa shape index (κ3) is 3.01. The highest BCUT2D eigenvalue weighted by Crippen LogP contribution is 2.30. The Bertz CT molecular complexity index is 724. The van der Waals surface area contributed by atoms with Gasteiger partial charge in [0.05, 0.1) is 43.3 Å². The summed E-state index contributed by atoms with van der Waals surface area (Å²) in [6, 6.07) is 3.43. The second-order valence-electron chi connectivity index (χ2n) is 5.32. The zero-order valence-corrected chi connectivity index (χ0v) is 13.9. The molecule has 6 nitrogen and oxygen atoms in total. The van der Waals surface area contributed by atoms with Crippen LogP contribution in [0.5, 0.6) is 5.75 Å². The van der Waals surface area contributed by atoms with E-state index in [9.17, 15) is 4.79 Å². The lowest BCUT2D eigenvalue weighted by Crippen LogP contribution is -2.31. The average Bonchev–Trinajstić information content (AvgIpc) is 2.88. The number of fused-ring (bicyclic) bond motifs is 1. The molecule has 23 heavy (non-hydrogen) atoms. The van der Waals surface area contributed by atoms with E-state index in [4.69, 9.17) is 25.8 Å². The van der Waals surface area contributed by atoms with E-state index in [1.54, 1.807) is 12.1 Å². The maximum atomic E-state index is 11.9. The van der Waals surface area contributed by atoms with Crippen LogP contribution < -0.4 is 4.74 Å². The summed E-state index contributed by atoms with van der Waals surface area (Å²) in [6.45, 7) is 3.81. The second-order valence-corrected chi connectivity index (χ2v) is 5.59. The standard InChI is InChI=1S/C16H19ClN2O4/c1-3-22-13-7-10(16(20)21-2)6-12-15(13)18-14(8-17)19(12)9-11-4-5-23-11/h6-7,11H,3-5,8-9H2,1-2H3/t11-/m0/s1. The third-order valence-electron chi connectivity index (χ3n) is 3.92. The van der Waals surface area contributed by atoms with E-state index in [0.717, 1.165) is 24.4 Å². The molecule has 7 heteroatoms. The number of nitrogens with zero attached hydrogens (tertiary/aromatic N) is 2. The van der Waals surface area contributed by atoms with Crippen molar-refractivity contribution in [1.29, 1.82) is 0 Å². The molecule has 0 aliphatic carbocycles. The number of esters is 1. The topological polar surface area (TPSA) is 62.6 Å². The van der Waals surface area contributed by atoms with Crippen molar-refractivity contribution in [3.8, 4) is 5.75 Å². The molecule has 1 saturated heterocycles. The monoisotopic (exact) mass is 338 g/mol. The summed E-state index contributed by atoms with van der Waals surface area (Å²) in [6.07, 6.45) is 1.17. The van der Waals surface area contributed by atoms with Crippen LogP contribution in [0.4, 0.5) is 0 Å². The third-order valence-corrected chi connectivity index (χ3v) is 4.16. The van der Waals surface area contributed by atoms with Gasteiger partial charge < -0.3 is 18.8 Å². The van der Waals surface area contributed by atoms with Crippen molar-refractivity contribution in [2.24, 2.45) is 0 Å². The minimum absolute atomic E-state index is 0.159. The SMILES string of the molecule is CCOc1cc(C(=O)OC)cc2c1nc(CCl)n2C[C@@H]1CCO1. The Morgan fingerprint density at radius 2 is 2.30 bits per heavy atom. The number of imidazole rings is 1. The number of ether oxygens (including phenoxy) is 3. The van der Waals surface area contributed by atoms with Gasteiger partial charge in [-0.3, -0.25) is 0 Å². The maximum Gasteiger partial charge on any atom is 0.338 e. The lowest BCUT2D eigenvalue weighted by Gasteiger charge is -2.27. The summed E-state index contributed by atoms with van der Waals surface area (Å²) >= 11 is 6.05. The van der Waals surface area contributed by atoms with Crippen LogP contribution in [-0.4, -0.2) is 41.9 Å². The zero-order chi connectivity index (χ0) is 16.4. The highest BCUT2D eigenvalue weighted by molar-refractivity contribution is 6.17. The Balaban J connectivity index is 2.14. The Labute approximate surface area is 139 Å². The summed E-state index contributed by atoms with van der Waals surface area (Å²) < 4.78 is 18.0. The van der Waals surface area contributed by atoms with Crippen LogP contribution in [0.3, 0.4) is 0 Å². The van der Waals surface area contributed by atoms with Crippen LogP contribution in [0, 0.1) is 0 Å². The lowest BCUT2D eigenvalue weighted by atomic mass is 10.1. The molecule has 1 aliphatic heterocycles. The Kier molecular flexibility index (Phi) is 4.73. The molecule has 1 aliphatic rings. The van der Waals surface area contributed by atoms with Crippen molar-refractivity contribution in [3.05, 3.63) is 23.5 Å². The first kappa shape index (κ1) is 16.1. The van der Waals surface area contributed by atoms with E-state index in [2.05, 4.69) is 4.98 Å². The van der Waals surface area contributed by atoms with Gasteiger partial charge in [0, 0.05) is 6.61 Å². The molecule has 2 aromatic rings. The van der Waals surface area contributed by atoms with Crippen molar-refractivity contribution in [1.82, 2.24) is 9.55 Å². The van der Waals surface area contributed by atoms with Gasteiger partial charge in [-0.25, -0.2) is 9.78 Å². The van der Waals surface area contributed by atoms with Crippen LogP contribution >= 0.6 is 11.6 Å². The van der Waals surface area contributed by atoms with Crippen LogP contribution in [0.1, 0.15) is 29.5 Å². The molecule has 1 aromatic carbocycles. The van der Waals surface area contributed by atoms with Gasteiger partial charge in [0.1, 0.15) is 17.1 Å². The second kappa shape index (κ2) is 6.76. The molecule has 2 heterocycles. The lowest BCUT2D eigenvalue weighted by molar-refractivity contribution is -0.0589. The van der Waals surface area contributed by atoms with Crippen molar-refractivity contribution in [3.63, 3.8) is 0 Å². The molecule has 0 saturated carbocycles. The quantitative estimate of drug-likeness (QED) is 0.598. The molecule has 1 aromatic heterocycles. The molecule has 0 spiro atoms. The van der Waals surface area contributed by atoms with Gasteiger partial charge in [-0.15, -0.1) is 11.6 Å². The fourth-order valence-electron chi connectivity index (χ4n) is 2.68. The van der Waals surface area contributed by atoms with Crippen molar-refractivity contribution < 1.29 is 19.0 Å². The number of carbonyl (C=O) groups is 1. The molecule has 0 amide bonds. The summed E-state index contributed by atoms with van der Waals surface area (Å²) in [4.78, 5) is 16.5. The number of halogens is 1. The number of alkyl halides is 1. The maximum absolute atomic E-state index is 11.9. The van der Waals surface area contributed by atoms with Crippen LogP contribution in [0.2, 0.25) is 0 Å². The number of hydrogen-bond donors (Lipinski definition) is 0. The number of rotatable bonds is 6. The van der Waals surface area contributed by atoms with Crippen LogP contribution in [0.15, 0.2) is 12.1 Å². The van der Waals surface area contributed by atoms with E-state index in [1.807, 2.05) is 11.5 Å². The predicted octanol–water partition coefficient (Wildman–Crippen LogP) is 2.75. The Morgan fingerprint density at radius 3 is 2.87 bits per heavy atom. The van der Waals surface area contributed by atoms with Gasteiger partial charge in [0.2, 0.25) is 0 Å². The molecule has 0 bridgehead atoms. The number of carbonyl (C=O) groups excluding carboxylic acids is 1. The average molecular weight is 339 g/mol. The van der Waals surface area contributed by atoms with E-state index < -0.39 is 5.97 Å². The first-order chi connectivity index (χ1) is 11.2. The summed E-state index contributed by atoms with van der Waals surface area (Å²) in [5, 5.41) is 0. The van der Waals surface area contributed by atoms with Crippen molar-refractivity contribution in [2.45, 2.75) is 31.9 Å². The van der Waals surface area contributed by atoms with E-state index in [0.29, 0.717) is 30.0 Å². The molecule has 0 unspecified atom stereocenters. The highest BCUT2D eigenvalue weighted by atomic mass is 35.5. The van der Waals surface area contributed by atoms with Crippen LogP contribution in [-0.2, 0) is 21.9 Å². The molecule has 3 rings (SSSR count). The molecular weight excluding hydrogens is 320 g/mol.